The van der Waals surface area contributed by atoms with Crippen molar-refractivity contribution >= 4 is 53.2 Å². The molecule has 1 aromatic heterocycles. The van der Waals surface area contributed by atoms with Crippen LogP contribution >= 0.6 is 47.0 Å². The summed E-state index contributed by atoms with van der Waals surface area (Å²) in [7, 11) is 1.56. The molecule has 0 saturated heterocycles. The van der Waals surface area contributed by atoms with E-state index in [1.165, 1.54) is 0 Å². The number of halogens is 3. The number of nitrogens with one attached hydrogen (secondary N) is 1. The predicted octanol–water partition coefficient (Wildman–Crippen LogP) is 6.32. The van der Waals surface area contributed by atoms with E-state index in [-0.39, 0.29) is 6.61 Å². The van der Waals surface area contributed by atoms with Crippen molar-refractivity contribution in [3.8, 4) is 11.5 Å². The minimum Gasteiger partial charge on any atom is -0.493 e. The molecule has 1 N–H and O–H groups in total. The molecule has 0 bridgehead atoms. The van der Waals surface area contributed by atoms with Crippen molar-refractivity contribution in [3.63, 3.8) is 0 Å². The fraction of sp³-hybridized carbons (Fsp3) is 0.250. The van der Waals surface area contributed by atoms with Crippen LogP contribution in [-0.2, 0) is 13.0 Å². The molecule has 10 heteroatoms. The highest BCUT2D eigenvalue weighted by atomic mass is 35.5. The average Bonchev–Trinajstić information content (AvgIpc) is 3.09. The Bertz CT molecular complexity index is 1130. The van der Waals surface area contributed by atoms with Gasteiger partial charge in [0.2, 0.25) is 4.77 Å². The van der Waals surface area contributed by atoms with Crippen LogP contribution in [0.3, 0.4) is 0 Å². The Balaban J connectivity index is 1.80. The molecular weight excluding hydrogens is 467 g/mol. The number of benzene rings is 2. The number of ether oxygens (including phenoxy) is 2. The molecule has 0 atom stereocenters. The summed E-state index contributed by atoms with van der Waals surface area (Å²) in [5, 5.41) is 12.7. The van der Waals surface area contributed by atoms with Gasteiger partial charge in [0.1, 0.15) is 6.61 Å². The summed E-state index contributed by atoms with van der Waals surface area (Å²) < 4.78 is 13.4. The standard InChI is InChI=1S/C20H19Cl3N4O2S/c1-3-4-18-25-26-20(30)27(18)24-10-12-5-8-16(17(9-12)28-2)29-11-13-14(21)6-7-15(22)19(13)23/h5-10H,3-4,11H2,1-2H3,(H,26,30)/b24-10-. The van der Waals surface area contributed by atoms with E-state index in [4.69, 9.17) is 56.5 Å². The third kappa shape index (κ3) is 5.16. The molecule has 0 unspecified atom stereocenters. The summed E-state index contributed by atoms with van der Waals surface area (Å²) in [6.07, 6.45) is 3.40. The zero-order valence-electron chi connectivity index (χ0n) is 16.3. The van der Waals surface area contributed by atoms with E-state index in [0.29, 0.717) is 36.9 Å². The van der Waals surface area contributed by atoms with Gasteiger partial charge in [-0.1, -0.05) is 41.7 Å². The van der Waals surface area contributed by atoms with Crippen LogP contribution in [-0.4, -0.2) is 28.2 Å². The van der Waals surface area contributed by atoms with E-state index in [2.05, 4.69) is 22.2 Å². The van der Waals surface area contributed by atoms with Crippen LogP contribution in [0.25, 0.3) is 0 Å². The third-order valence-corrected chi connectivity index (χ3v) is 5.67. The number of hydrogen-bond acceptors (Lipinski definition) is 5. The molecule has 6 nitrogen and oxygen atoms in total. The molecule has 0 fully saturated rings. The van der Waals surface area contributed by atoms with Crippen LogP contribution in [0.2, 0.25) is 15.1 Å². The first-order valence-electron chi connectivity index (χ1n) is 9.08. The van der Waals surface area contributed by atoms with Gasteiger partial charge in [0.05, 0.1) is 23.4 Å². The minimum absolute atomic E-state index is 0.145. The second-order valence-electron chi connectivity index (χ2n) is 6.27. The van der Waals surface area contributed by atoms with Gasteiger partial charge in [-0.2, -0.15) is 14.9 Å². The second-order valence-corrected chi connectivity index (χ2v) is 7.85. The molecule has 0 aliphatic carbocycles. The largest absolute Gasteiger partial charge is 0.493 e. The van der Waals surface area contributed by atoms with Gasteiger partial charge in [0.15, 0.2) is 17.3 Å². The molecule has 158 valence electrons. The van der Waals surface area contributed by atoms with Gasteiger partial charge in [-0.3, -0.25) is 5.10 Å². The number of aryl methyl sites for hydroxylation is 1. The van der Waals surface area contributed by atoms with E-state index in [1.54, 1.807) is 36.2 Å². The minimum atomic E-state index is 0.145. The third-order valence-electron chi connectivity index (χ3n) is 4.21. The van der Waals surface area contributed by atoms with Crippen molar-refractivity contribution in [3.05, 3.63) is 67.1 Å². The molecule has 30 heavy (non-hydrogen) atoms. The van der Waals surface area contributed by atoms with Gasteiger partial charge in [0, 0.05) is 17.0 Å². The zero-order chi connectivity index (χ0) is 21.7. The SMILES string of the molecule is CCCc1n[nH]c(=S)n1/N=C\c1ccc(OCc2c(Cl)ccc(Cl)c2Cl)c(OC)c1. The Morgan fingerprint density at radius 3 is 2.67 bits per heavy atom. The molecule has 0 aliphatic rings. The van der Waals surface area contributed by atoms with Crippen molar-refractivity contribution < 1.29 is 9.47 Å². The van der Waals surface area contributed by atoms with Gasteiger partial charge in [0.25, 0.3) is 0 Å². The molecule has 2 aromatic carbocycles. The molecule has 0 radical (unpaired) electrons. The Morgan fingerprint density at radius 1 is 1.17 bits per heavy atom. The van der Waals surface area contributed by atoms with E-state index in [0.717, 1.165) is 24.2 Å². The van der Waals surface area contributed by atoms with Gasteiger partial charge >= 0.3 is 0 Å². The van der Waals surface area contributed by atoms with Crippen LogP contribution in [0, 0.1) is 4.77 Å². The zero-order valence-corrected chi connectivity index (χ0v) is 19.4. The molecule has 0 aliphatic heterocycles. The highest BCUT2D eigenvalue weighted by Gasteiger charge is 2.12. The van der Waals surface area contributed by atoms with E-state index in [9.17, 15) is 0 Å². The summed E-state index contributed by atoms with van der Waals surface area (Å²) in [6, 6.07) is 8.77. The first-order valence-corrected chi connectivity index (χ1v) is 10.6. The summed E-state index contributed by atoms with van der Waals surface area (Å²) in [4.78, 5) is 0. The molecule has 3 aromatic rings. The summed E-state index contributed by atoms with van der Waals surface area (Å²) in [5.74, 6) is 1.85. The Kier molecular flexibility index (Phi) is 7.77. The van der Waals surface area contributed by atoms with Crippen molar-refractivity contribution in [1.82, 2.24) is 14.9 Å². The maximum Gasteiger partial charge on any atom is 0.216 e. The summed E-state index contributed by atoms with van der Waals surface area (Å²) in [5.41, 5.74) is 1.42. The van der Waals surface area contributed by atoms with Crippen LogP contribution in [0.15, 0.2) is 35.4 Å². The van der Waals surface area contributed by atoms with Crippen molar-refractivity contribution in [2.45, 2.75) is 26.4 Å². The highest BCUT2D eigenvalue weighted by Crippen LogP contribution is 2.34. The summed E-state index contributed by atoms with van der Waals surface area (Å²) in [6.45, 7) is 2.21. The number of rotatable bonds is 8. The Labute approximate surface area is 194 Å². The molecular formula is C20H19Cl3N4O2S. The maximum atomic E-state index is 6.24. The monoisotopic (exact) mass is 484 g/mol. The molecule has 0 amide bonds. The van der Waals surface area contributed by atoms with Gasteiger partial charge in [-0.25, -0.2) is 0 Å². The number of H-pyrrole nitrogens is 1. The van der Waals surface area contributed by atoms with Gasteiger partial charge < -0.3 is 9.47 Å². The lowest BCUT2D eigenvalue weighted by atomic mass is 10.2. The van der Waals surface area contributed by atoms with Crippen molar-refractivity contribution in [1.29, 1.82) is 0 Å². The second kappa shape index (κ2) is 10.3. The molecule has 0 spiro atoms. The lowest BCUT2D eigenvalue weighted by Gasteiger charge is -2.13. The number of aromatic nitrogens is 3. The van der Waals surface area contributed by atoms with Crippen molar-refractivity contribution in [2.75, 3.05) is 7.11 Å². The lowest BCUT2D eigenvalue weighted by molar-refractivity contribution is 0.284. The maximum absolute atomic E-state index is 6.24. The molecule has 1 heterocycles. The lowest BCUT2D eigenvalue weighted by Crippen LogP contribution is -2.01. The fourth-order valence-corrected chi connectivity index (χ4v) is 3.54. The fourth-order valence-electron chi connectivity index (χ4n) is 2.69. The first kappa shape index (κ1) is 22.6. The molecule has 0 saturated carbocycles. The number of nitrogens with zero attached hydrogens (tertiary/aromatic N) is 3. The van der Waals surface area contributed by atoms with Crippen LogP contribution in [0.4, 0.5) is 0 Å². The average molecular weight is 486 g/mol. The first-order chi connectivity index (χ1) is 14.4. The Hall–Kier alpha value is -2.06. The number of methoxy groups -OCH3 is 1. The smallest absolute Gasteiger partial charge is 0.216 e. The normalized spacial score (nSPS) is 11.2. The topological polar surface area (TPSA) is 64.4 Å². The van der Waals surface area contributed by atoms with E-state index >= 15 is 0 Å². The van der Waals surface area contributed by atoms with Gasteiger partial charge in [-0.05, 0) is 54.5 Å². The molecule has 3 rings (SSSR count). The van der Waals surface area contributed by atoms with Crippen LogP contribution < -0.4 is 9.47 Å². The van der Waals surface area contributed by atoms with Gasteiger partial charge in [-0.15, -0.1) is 0 Å². The Morgan fingerprint density at radius 2 is 1.93 bits per heavy atom. The number of aromatic amines is 1. The highest BCUT2D eigenvalue weighted by molar-refractivity contribution is 7.71. The van der Waals surface area contributed by atoms with E-state index in [1.807, 2.05) is 12.1 Å². The van der Waals surface area contributed by atoms with Crippen LogP contribution in [0.1, 0.15) is 30.3 Å². The van der Waals surface area contributed by atoms with Crippen molar-refractivity contribution in [2.24, 2.45) is 5.10 Å². The summed E-state index contributed by atoms with van der Waals surface area (Å²) >= 11 is 23.8. The van der Waals surface area contributed by atoms with E-state index < -0.39 is 0 Å². The number of hydrogen-bond donors (Lipinski definition) is 1. The quantitative estimate of drug-likeness (QED) is 0.230. The van der Waals surface area contributed by atoms with Crippen LogP contribution in [0.5, 0.6) is 11.5 Å². The predicted molar refractivity (Wildman–Crippen MR) is 123 cm³/mol.